The Hall–Kier alpha value is -2.53. The molecule has 6 heteroatoms. The molecular weight excluding hydrogens is 328 g/mol. The van der Waals surface area contributed by atoms with E-state index in [1.54, 1.807) is 42.5 Å². The Bertz CT molecular complexity index is 730. The van der Waals surface area contributed by atoms with E-state index < -0.39 is 0 Å². The highest BCUT2D eigenvalue weighted by molar-refractivity contribution is 6.30. The maximum absolute atomic E-state index is 12.3. The molecule has 0 aliphatic carbocycles. The van der Waals surface area contributed by atoms with Gasteiger partial charge in [0, 0.05) is 22.8 Å². The quantitative estimate of drug-likeness (QED) is 0.842. The summed E-state index contributed by atoms with van der Waals surface area (Å²) < 4.78 is 5.35. The number of carbonyl (C=O) groups is 2. The summed E-state index contributed by atoms with van der Waals surface area (Å²) in [4.78, 5) is 23.6. The first kappa shape index (κ1) is 17.8. The van der Waals surface area contributed by atoms with E-state index in [1.807, 2.05) is 13.8 Å². The first-order chi connectivity index (χ1) is 11.5. The van der Waals surface area contributed by atoms with Gasteiger partial charge in [-0.05, 0) is 61.9 Å². The summed E-state index contributed by atoms with van der Waals surface area (Å²) in [5.41, 5.74) is 2.09. The van der Waals surface area contributed by atoms with Crippen LogP contribution in [0.4, 0.5) is 5.69 Å². The van der Waals surface area contributed by atoms with Crippen LogP contribution in [0.5, 0.6) is 5.75 Å². The van der Waals surface area contributed by atoms with Crippen molar-refractivity contribution >= 4 is 29.1 Å². The van der Waals surface area contributed by atoms with Gasteiger partial charge in [-0.15, -0.1) is 0 Å². The van der Waals surface area contributed by atoms with Crippen molar-refractivity contribution in [1.82, 2.24) is 5.32 Å². The topological polar surface area (TPSA) is 67.4 Å². The van der Waals surface area contributed by atoms with Crippen LogP contribution in [-0.4, -0.2) is 25.0 Å². The maximum Gasteiger partial charge on any atom is 0.257 e. The molecule has 0 fully saturated rings. The van der Waals surface area contributed by atoms with Gasteiger partial charge < -0.3 is 15.4 Å². The number of hydrogen-bond acceptors (Lipinski definition) is 3. The van der Waals surface area contributed by atoms with Crippen molar-refractivity contribution in [2.45, 2.75) is 13.8 Å². The van der Waals surface area contributed by atoms with E-state index in [0.717, 1.165) is 5.56 Å². The van der Waals surface area contributed by atoms with Gasteiger partial charge in [0.25, 0.3) is 11.8 Å². The number of ether oxygens (including phenoxy) is 1. The monoisotopic (exact) mass is 346 g/mol. The summed E-state index contributed by atoms with van der Waals surface area (Å²) in [6.07, 6.45) is 0. The van der Waals surface area contributed by atoms with Gasteiger partial charge in [0.05, 0.1) is 0 Å². The van der Waals surface area contributed by atoms with E-state index in [-0.39, 0.29) is 18.4 Å². The first-order valence-corrected chi connectivity index (χ1v) is 7.94. The smallest absolute Gasteiger partial charge is 0.257 e. The number of hydrogen-bond donors (Lipinski definition) is 2. The zero-order valence-corrected chi connectivity index (χ0v) is 14.3. The Kier molecular flexibility index (Phi) is 6.21. The lowest BCUT2D eigenvalue weighted by molar-refractivity contribution is -0.122. The number of benzene rings is 2. The van der Waals surface area contributed by atoms with Gasteiger partial charge in [0.1, 0.15) is 5.75 Å². The van der Waals surface area contributed by atoms with Crippen molar-refractivity contribution in [2.75, 3.05) is 18.5 Å². The molecule has 0 aromatic heterocycles. The zero-order valence-electron chi connectivity index (χ0n) is 13.6. The van der Waals surface area contributed by atoms with E-state index >= 15 is 0 Å². The molecule has 5 nitrogen and oxygen atoms in total. The number of anilines is 1. The first-order valence-electron chi connectivity index (χ1n) is 7.56. The maximum atomic E-state index is 12.3. The molecule has 0 atom stereocenters. The Morgan fingerprint density at radius 3 is 2.46 bits per heavy atom. The third-order valence-electron chi connectivity index (χ3n) is 3.30. The average Bonchev–Trinajstić information content (AvgIpc) is 2.56. The molecule has 2 N–H and O–H groups in total. The minimum atomic E-state index is -0.226. The number of nitrogens with one attached hydrogen (secondary N) is 2. The van der Waals surface area contributed by atoms with Gasteiger partial charge in [-0.3, -0.25) is 9.59 Å². The minimum Gasteiger partial charge on any atom is -0.484 e. The summed E-state index contributed by atoms with van der Waals surface area (Å²) in [5.74, 6) is 0.119. The van der Waals surface area contributed by atoms with Crippen LogP contribution in [0.3, 0.4) is 0 Å². The van der Waals surface area contributed by atoms with Gasteiger partial charge in [-0.25, -0.2) is 0 Å². The lowest BCUT2D eigenvalue weighted by Crippen LogP contribution is -2.28. The molecule has 0 aliphatic heterocycles. The summed E-state index contributed by atoms with van der Waals surface area (Å²) in [7, 11) is 0. The van der Waals surface area contributed by atoms with Crippen molar-refractivity contribution < 1.29 is 14.3 Å². The molecule has 0 bridgehead atoms. The molecule has 2 aromatic carbocycles. The Morgan fingerprint density at radius 1 is 1.12 bits per heavy atom. The largest absolute Gasteiger partial charge is 0.484 e. The molecule has 2 rings (SSSR count). The number of halogens is 1. The highest BCUT2D eigenvalue weighted by Crippen LogP contribution is 2.20. The van der Waals surface area contributed by atoms with Crippen LogP contribution in [0.15, 0.2) is 42.5 Å². The third-order valence-corrected chi connectivity index (χ3v) is 3.53. The number of carbonyl (C=O) groups excluding carboxylic acids is 2. The Labute approximate surface area is 146 Å². The SMILES string of the molecule is CCNC(=O)COc1ccc(C(=O)Nc2ccc(Cl)cc2C)cc1. The Morgan fingerprint density at radius 2 is 1.83 bits per heavy atom. The van der Waals surface area contributed by atoms with Gasteiger partial charge in [0.2, 0.25) is 0 Å². The van der Waals surface area contributed by atoms with Gasteiger partial charge in [-0.2, -0.15) is 0 Å². The van der Waals surface area contributed by atoms with E-state index in [4.69, 9.17) is 16.3 Å². The number of amides is 2. The lowest BCUT2D eigenvalue weighted by Gasteiger charge is -2.10. The third kappa shape index (κ3) is 4.99. The summed E-state index contributed by atoms with van der Waals surface area (Å²) in [6, 6.07) is 11.9. The predicted molar refractivity (Wildman–Crippen MR) is 94.8 cm³/mol. The summed E-state index contributed by atoms with van der Waals surface area (Å²) >= 11 is 5.90. The highest BCUT2D eigenvalue weighted by atomic mass is 35.5. The van der Waals surface area contributed by atoms with Crippen LogP contribution in [0.25, 0.3) is 0 Å². The molecule has 0 spiro atoms. The van der Waals surface area contributed by atoms with E-state index in [2.05, 4.69) is 10.6 Å². The molecule has 126 valence electrons. The van der Waals surface area contributed by atoms with Crippen LogP contribution in [-0.2, 0) is 4.79 Å². The fourth-order valence-corrected chi connectivity index (χ4v) is 2.29. The molecule has 0 unspecified atom stereocenters. The molecule has 24 heavy (non-hydrogen) atoms. The van der Waals surface area contributed by atoms with Crippen molar-refractivity contribution in [1.29, 1.82) is 0 Å². The van der Waals surface area contributed by atoms with Crippen LogP contribution in [0, 0.1) is 6.92 Å². The number of rotatable bonds is 6. The standard InChI is InChI=1S/C18H19ClN2O3/c1-3-20-17(22)11-24-15-7-4-13(5-8-15)18(23)21-16-9-6-14(19)10-12(16)2/h4-10H,3,11H2,1-2H3,(H,20,22)(H,21,23). The van der Waals surface area contributed by atoms with Crippen LogP contribution in [0.2, 0.25) is 5.02 Å². The van der Waals surface area contributed by atoms with Crippen molar-refractivity contribution in [2.24, 2.45) is 0 Å². The van der Waals surface area contributed by atoms with Crippen molar-refractivity contribution in [3.63, 3.8) is 0 Å². The molecule has 0 heterocycles. The fraction of sp³-hybridized carbons (Fsp3) is 0.222. The van der Waals surface area contributed by atoms with Gasteiger partial charge >= 0.3 is 0 Å². The number of likely N-dealkylation sites (N-methyl/N-ethyl adjacent to an activating group) is 1. The average molecular weight is 347 g/mol. The van der Waals surface area contributed by atoms with Crippen LogP contribution in [0.1, 0.15) is 22.8 Å². The molecule has 0 radical (unpaired) electrons. The number of aryl methyl sites for hydroxylation is 1. The van der Waals surface area contributed by atoms with Crippen molar-refractivity contribution in [3.8, 4) is 5.75 Å². The van der Waals surface area contributed by atoms with Gasteiger partial charge in [-0.1, -0.05) is 11.6 Å². The van der Waals surface area contributed by atoms with Crippen LogP contribution >= 0.6 is 11.6 Å². The second kappa shape index (κ2) is 8.36. The lowest BCUT2D eigenvalue weighted by atomic mass is 10.1. The van der Waals surface area contributed by atoms with E-state index in [1.165, 1.54) is 0 Å². The molecule has 0 saturated carbocycles. The zero-order chi connectivity index (χ0) is 17.5. The highest BCUT2D eigenvalue weighted by Gasteiger charge is 2.09. The Balaban J connectivity index is 1.97. The van der Waals surface area contributed by atoms with Crippen LogP contribution < -0.4 is 15.4 Å². The molecule has 2 amide bonds. The second-order valence-electron chi connectivity index (χ2n) is 5.18. The van der Waals surface area contributed by atoms with Gasteiger partial charge in [0.15, 0.2) is 6.61 Å². The summed E-state index contributed by atoms with van der Waals surface area (Å²) in [6.45, 7) is 4.22. The minimum absolute atomic E-state index is 0.0522. The van der Waals surface area contributed by atoms with E-state index in [9.17, 15) is 9.59 Å². The molecule has 0 aliphatic rings. The molecule has 2 aromatic rings. The van der Waals surface area contributed by atoms with Crippen molar-refractivity contribution in [3.05, 3.63) is 58.6 Å². The summed E-state index contributed by atoms with van der Waals surface area (Å²) in [5, 5.41) is 6.11. The van der Waals surface area contributed by atoms with E-state index in [0.29, 0.717) is 28.6 Å². The predicted octanol–water partition coefficient (Wildman–Crippen LogP) is 3.42. The molecule has 0 saturated heterocycles. The normalized spacial score (nSPS) is 10.1. The molecular formula is C18H19ClN2O3. The second-order valence-corrected chi connectivity index (χ2v) is 5.62. The fourth-order valence-electron chi connectivity index (χ4n) is 2.06.